The number of fused-ring (bicyclic) bond motifs is 3. The molecule has 15 atom stereocenters. The smallest absolute Gasteiger partial charge is 0.411 e. The average molecular weight is 1010 g/mol. The van der Waals surface area contributed by atoms with Crippen LogP contribution in [0, 0.1) is 29.6 Å². The van der Waals surface area contributed by atoms with E-state index < -0.39 is 102 Å². The van der Waals surface area contributed by atoms with E-state index in [0.29, 0.717) is 87.0 Å². The van der Waals surface area contributed by atoms with Crippen molar-refractivity contribution in [3.05, 3.63) is 47.6 Å². The first-order valence-corrected chi connectivity index (χ1v) is 25.9. The van der Waals surface area contributed by atoms with Gasteiger partial charge in [-0.3, -0.25) is 19.7 Å². The van der Waals surface area contributed by atoms with Crippen LogP contribution in [0.25, 0.3) is 0 Å². The molecule has 4 aliphatic heterocycles. The zero-order valence-electron chi connectivity index (χ0n) is 43.5. The standard InChI is InChI=1S/C54H78N2O16/c1-10-36-24-30(2)23-31(3)25-45(66-8)48-46(67-9)27-33(5)54(64,72-48)49(59)50(60)56-21-12-11-13-39(56)51(61)71-47(34(6)40(57)29-41(36)58)32(4)26-35-14-19-42(44(28-35)65-7)70-53(63)55-37-15-17-38(18-16-37)69-43-20-22-68-52(43)62/h15-18,24,26,30-31,33-35,39-40,42-48,57,64H,10-14,19-23,25,27-29H2,1-9H3,(H,55,63)/t30?,31-,33+,34+,35-,39-,40-,42+,43?,44+,45-,46-,47+,48?,54+/m0/s1. The maximum atomic E-state index is 14.6. The molecule has 72 heavy (non-hydrogen) atoms. The Bertz CT molecular complexity index is 2130. The molecule has 1 aromatic carbocycles. The van der Waals surface area contributed by atoms with Gasteiger partial charge in [0.25, 0.3) is 11.7 Å². The van der Waals surface area contributed by atoms with Crippen LogP contribution in [-0.2, 0) is 57.1 Å². The van der Waals surface area contributed by atoms with Crippen LogP contribution < -0.4 is 10.1 Å². The first kappa shape index (κ1) is 56.6. The SMILES string of the molecule is CCC1=CC(C)C[C@H](C)C[C@H](OC)C2O[C@@](O)(C(=O)C(=O)N3CCCC[C@H]3C(=O)O[C@H](C(C)=C[C@@H]3CC[C@@H](OC(=O)Nc4ccc(OC5CCOC5=O)cc4)[C@H](OC)C3)[C@H](C)[C@@H](O)CC1=O)[C@H](C)C[C@@H]2OC. The van der Waals surface area contributed by atoms with Crippen molar-refractivity contribution in [2.75, 3.05) is 39.8 Å². The molecule has 4 fully saturated rings. The van der Waals surface area contributed by atoms with Crippen LogP contribution >= 0.6 is 0 Å². The zero-order chi connectivity index (χ0) is 52.4. The predicted octanol–water partition coefficient (Wildman–Crippen LogP) is 6.42. The third-order valence-electron chi connectivity index (χ3n) is 15.4. The van der Waals surface area contributed by atoms with Gasteiger partial charge in [0, 0.05) is 58.2 Å². The van der Waals surface area contributed by atoms with Gasteiger partial charge in [0.2, 0.25) is 5.79 Å². The Morgan fingerprint density at radius 2 is 1.56 bits per heavy atom. The molecule has 5 aliphatic rings. The zero-order valence-corrected chi connectivity index (χ0v) is 43.5. The van der Waals surface area contributed by atoms with Crippen molar-refractivity contribution in [3.63, 3.8) is 0 Å². The fourth-order valence-electron chi connectivity index (χ4n) is 11.2. The average Bonchev–Trinajstić information content (AvgIpc) is 3.77. The molecule has 4 heterocycles. The van der Waals surface area contributed by atoms with E-state index in [-0.39, 0.29) is 49.3 Å². The van der Waals surface area contributed by atoms with Crippen molar-refractivity contribution in [2.45, 2.75) is 179 Å². The van der Waals surface area contributed by atoms with Crippen LogP contribution in [0.1, 0.15) is 119 Å². The minimum Gasteiger partial charge on any atom is -0.479 e. The highest BCUT2D eigenvalue weighted by Crippen LogP contribution is 2.40. The molecule has 6 rings (SSSR count). The summed E-state index contributed by atoms with van der Waals surface area (Å²) in [6, 6.07) is 5.35. The molecule has 18 nitrogen and oxygen atoms in total. The number of aliphatic hydroxyl groups is 2. The van der Waals surface area contributed by atoms with E-state index in [1.165, 1.54) is 26.2 Å². The van der Waals surface area contributed by atoms with E-state index in [2.05, 4.69) is 12.2 Å². The van der Waals surface area contributed by atoms with E-state index >= 15 is 0 Å². The first-order chi connectivity index (χ1) is 34.3. The summed E-state index contributed by atoms with van der Waals surface area (Å²) in [7, 11) is 4.59. The number of allylic oxidation sites excluding steroid dienone is 3. The molecule has 2 bridgehead atoms. The molecule has 1 saturated carbocycles. The summed E-state index contributed by atoms with van der Waals surface area (Å²) in [6.45, 7) is 11.5. The van der Waals surface area contributed by atoms with Gasteiger partial charge in [-0.1, -0.05) is 46.8 Å². The molecular weight excluding hydrogens is 933 g/mol. The topological polar surface area (TPSA) is 232 Å². The van der Waals surface area contributed by atoms with E-state index in [0.717, 1.165) is 0 Å². The number of benzene rings is 1. The summed E-state index contributed by atoms with van der Waals surface area (Å²) >= 11 is 0. The number of carbonyl (C=O) groups excluding carboxylic acids is 6. The van der Waals surface area contributed by atoms with Crippen molar-refractivity contribution < 1.29 is 76.9 Å². The number of cyclic esters (lactones) is 2. The molecule has 0 spiro atoms. The van der Waals surface area contributed by atoms with Crippen LogP contribution in [0.15, 0.2) is 47.6 Å². The van der Waals surface area contributed by atoms with Gasteiger partial charge in [-0.15, -0.1) is 0 Å². The molecule has 0 radical (unpaired) electrons. The molecule has 18 heteroatoms. The maximum absolute atomic E-state index is 14.6. The van der Waals surface area contributed by atoms with Crippen LogP contribution in [0.3, 0.4) is 0 Å². The Kier molecular flexibility index (Phi) is 20.0. The van der Waals surface area contributed by atoms with E-state index in [1.54, 1.807) is 45.0 Å². The van der Waals surface area contributed by atoms with Gasteiger partial charge in [0.1, 0.15) is 30.1 Å². The summed E-state index contributed by atoms with van der Waals surface area (Å²) in [5.74, 6) is -7.59. The fourth-order valence-corrected chi connectivity index (χ4v) is 11.2. The van der Waals surface area contributed by atoms with E-state index in [9.17, 15) is 39.0 Å². The number of aliphatic hydroxyl groups excluding tert-OH is 1. The molecule has 1 aliphatic carbocycles. The maximum Gasteiger partial charge on any atom is 0.411 e. The normalized spacial score (nSPS) is 36.0. The molecule has 400 valence electrons. The lowest BCUT2D eigenvalue weighted by atomic mass is 9.81. The number of rotatable bonds is 10. The number of hydrogen-bond donors (Lipinski definition) is 3. The summed E-state index contributed by atoms with van der Waals surface area (Å²) in [4.78, 5) is 83.4. The van der Waals surface area contributed by atoms with Gasteiger partial charge in [-0.2, -0.15) is 0 Å². The minimum atomic E-state index is -2.54. The lowest BCUT2D eigenvalue weighted by Gasteiger charge is -2.47. The van der Waals surface area contributed by atoms with Gasteiger partial charge in [0.05, 0.1) is 31.0 Å². The Hall–Kier alpha value is -4.72. The number of hydrogen-bond acceptors (Lipinski definition) is 16. The summed E-state index contributed by atoms with van der Waals surface area (Å²) in [6.07, 6.45) is 1.72. The number of nitrogens with zero attached hydrogens (tertiary/aromatic N) is 1. The highest BCUT2D eigenvalue weighted by molar-refractivity contribution is 6.39. The number of anilines is 1. The van der Waals surface area contributed by atoms with Crippen molar-refractivity contribution in [1.82, 2.24) is 4.90 Å². The predicted molar refractivity (Wildman–Crippen MR) is 262 cm³/mol. The van der Waals surface area contributed by atoms with Gasteiger partial charge >= 0.3 is 18.0 Å². The summed E-state index contributed by atoms with van der Waals surface area (Å²) in [5, 5.41) is 26.7. The summed E-state index contributed by atoms with van der Waals surface area (Å²) < 4.78 is 46.8. The van der Waals surface area contributed by atoms with E-state index in [4.69, 9.17) is 37.9 Å². The number of methoxy groups -OCH3 is 3. The first-order valence-electron chi connectivity index (χ1n) is 25.9. The van der Waals surface area contributed by atoms with Gasteiger partial charge < -0.3 is 53.0 Å². The van der Waals surface area contributed by atoms with Gasteiger partial charge in [-0.05, 0) is 124 Å². The van der Waals surface area contributed by atoms with Gasteiger partial charge in [-0.25, -0.2) is 14.4 Å². The lowest BCUT2D eigenvalue weighted by molar-refractivity contribution is -0.302. The number of nitrogens with one attached hydrogen (secondary N) is 1. The highest BCUT2D eigenvalue weighted by atomic mass is 16.7. The van der Waals surface area contributed by atoms with Crippen LogP contribution in [-0.4, -0.2) is 146 Å². The third-order valence-corrected chi connectivity index (χ3v) is 15.4. The number of piperidine rings is 1. The second-order valence-electron chi connectivity index (χ2n) is 20.7. The van der Waals surface area contributed by atoms with E-state index in [1.807, 2.05) is 26.0 Å². The Balaban J connectivity index is 1.23. The van der Waals surface area contributed by atoms with Crippen molar-refractivity contribution in [1.29, 1.82) is 0 Å². The number of amides is 2. The van der Waals surface area contributed by atoms with Crippen molar-refractivity contribution >= 4 is 41.2 Å². The second-order valence-corrected chi connectivity index (χ2v) is 20.7. The Morgan fingerprint density at radius 1 is 0.861 bits per heavy atom. The molecule has 0 aromatic heterocycles. The largest absolute Gasteiger partial charge is 0.479 e. The number of Topliss-reactive ketones (excluding diaryl/α,β-unsaturated/α-hetero) is 2. The van der Waals surface area contributed by atoms with Crippen molar-refractivity contribution in [3.8, 4) is 5.75 Å². The van der Waals surface area contributed by atoms with Crippen LogP contribution in [0.2, 0.25) is 0 Å². The second kappa shape index (κ2) is 25.5. The number of ether oxygens (including phenoxy) is 8. The molecule has 3 N–H and O–H groups in total. The monoisotopic (exact) mass is 1010 g/mol. The third kappa shape index (κ3) is 13.7. The minimum absolute atomic E-state index is 0.0256. The molecule has 1 aromatic rings. The molecule has 2 amide bonds. The lowest BCUT2D eigenvalue weighted by Crippen LogP contribution is -2.64. The number of esters is 2. The van der Waals surface area contributed by atoms with Crippen LogP contribution in [0.4, 0.5) is 10.5 Å². The van der Waals surface area contributed by atoms with Gasteiger partial charge in [0.15, 0.2) is 11.9 Å². The Morgan fingerprint density at radius 3 is 2.21 bits per heavy atom. The quantitative estimate of drug-likeness (QED) is 0.0993. The molecule has 3 saturated heterocycles. The Labute approximate surface area is 423 Å². The molecule has 3 unspecified atom stereocenters. The van der Waals surface area contributed by atoms with Crippen LogP contribution in [0.5, 0.6) is 5.75 Å². The summed E-state index contributed by atoms with van der Waals surface area (Å²) in [5.41, 5.74) is 1.63. The molecular formula is C54H78N2O16. The highest BCUT2D eigenvalue weighted by Gasteiger charge is 2.56. The van der Waals surface area contributed by atoms with Crippen molar-refractivity contribution in [2.24, 2.45) is 29.6 Å². The fraction of sp³-hybridized carbons (Fsp3) is 0.704. The number of ketones is 2. The number of carbonyl (C=O) groups is 6.